The second kappa shape index (κ2) is 6.11. The van der Waals surface area contributed by atoms with Crippen LogP contribution in [0.3, 0.4) is 0 Å². The molecular formula is C13H15ClFNO2S. The number of benzene rings is 1. The molecule has 0 spiro atoms. The number of ether oxygens (including phenoxy) is 1. The molecule has 1 aromatic carbocycles. The lowest BCUT2D eigenvalue weighted by Gasteiger charge is -2.26. The molecular weight excluding hydrogens is 289 g/mol. The normalized spacial score (nSPS) is 22.5. The van der Waals surface area contributed by atoms with E-state index in [1.54, 1.807) is 18.9 Å². The van der Waals surface area contributed by atoms with Crippen LogP contribution in [0, 0.1) is 5.82 Å². The Labute approximate surface area is 120 Å². The smallest absolute Gasteiger partial charge is 0.252 e. The molecule has 1 saturated heterocycles. The van der Waals surface area contributed by atoms with Crippen molar-refractivity contribution < 1.29 is 13.9 Å². The number of nitrogens with one attached hydrogen (secondary N) is 1. The first-order valence-electron chi connectivity index (χ1n) is 5.92. The lowest BCUT2D eigenvalue weighted by Crippen LogP contribution is -2.44. The van der Waals surface area contributed by atoms with E-state index >= 15 is 0 Å². The van der Waals surface area contributed by atoms with Gasteiger partial charge in [0.05, 0.1) is 16.2 Å². The topological polar surface area (TPSA) is 38.3 Å². The molecule has 1 amide bonds. The monoisotopic (exact) mass is 303 g/mol. The van der Waals surface area contributed by atoms with E-state index in [2.05, 4.69) is 5.32 Å². The zero-order chi connectivity index (χ0) is 13.9. The molecule has 0 aliphatic carbocycles. The summed E-state index contributed by atoms with van der Waals surface area (Å²) in [5.41, 5.74) is -0.0210. The third-order valence-corrected chi connectivity index (χ3v) is 4.78. The molecule has 2 rings (SSSR count). The van der Waals surface area contributed by atoms with Gasteiger partial charge in [0.1, 0.15) is 5.82 Å². The summed E-state index contributed by atoms with van der Waals surface area (Å²) >= 11 is 7.66. The number of amides is 1. The van der Waals surface area contributed by atoms with Crippen LogP contribution in [-0.2, 0) is 4.74 Å². The minimum absolute atomic E-state index is 0.116. The van der Waals surface area contributed by atoms with Crippen molar-refractivity contribution >= 4 is 29.3 Å². The van der Waals surface area contributed by atoms with Gasteiger partial charge in [-0.05, 0) is 30.4 Å². The molecule has 0 saturated carbocycles. The molecule has 1 unspecified atom stereocenters. The summed E-state index contributed by atoms with van der Waals surface area (Å²) in [6.07, 6.45) is 0.908. The van der Waals surface area contributed by atoms with E-state index in [9.17, 15) is 9.18 Å². The van der Waals surface area contributed by atoms with Gasteiger partial charge >= 0.3 is 0 Å². The summed E-state index contributed by atoms with van der Waals surface area (Å²) in [5.74, 6) is 1.13. The van der Waals surface area contributed by atoms with Crippen molar-refractivity contribution in [2.75, 3.05) is 25.2 Å². The summed E-state index contributed by atoms with van der Waals surface area (Å²) in [6, 6.07) is 3.74. The van der Waals surface area contributed by atoms with Crippen molar-refractivity contribution in [2.24, 2.45) is 0 Å². The minimum Gasteiger partial charge on any atom is -0.376 e. The van der Waals surface area contributed by atoms with Gasteiger partial charge < -0.3 is 10.1 Å². The number of rotatable bonds is 4. The number of halogens is 2. The zero-order valence-corrected chi connectivity index (χ0v) is 12.1. The number of hydrogen-bond donors (Lipinski definition) is 1. The number of carbonyl (C=O) groups excluding carboxylic acids is 1. The highest BCUT2D eigenvalue weighted by Gasteiger charge is 2.34. The Morgan fingerprint density at radius 2 is 2.42 bits per heavy atom. The van der Waals surface area contributed by atoms with Gasteiger partial charge in [0.15, 0.2) is 0 Å². The van der Waals surface area contributed by atoms with Crippen LogP contribution in [0.25, 0.3) is 0 Å². The van der Waals surface area contributed by atoms with Crippen LogP contribution in [0.2, 0.25) is 5.02 Å². The van der Waals surface area contributed by atoms with Crippen molar-refractivity contribution in [1.29, 1.82) is 0 Å². The average Bonchev–Trinajstić information content (AvgIpc) is 2.85. The van der Waals surface area contributed by atoms with Crippen LogP contribution in [0.4, 0.5) is 4.39 Å². The molecule has 0 bridgehead atoms. The van der Waals surface area contributed by atoms with Crippen LogP contribution < -0.4 is 5.32 Å². The lowest BCUT2D eigenvalue weighted by atomic mass is 10.0. The van der Waals surface area contributed by atoms with E-state index < -0.39 is 5.82 Å². The minimum atomic E-state index is -0.456. The maximum atomic E-state index is 12.9. The molecule has 1 atom stereocenters. The maximum absolute atomic E-state index is 12.9. The Bertz CT molecular complexity index is 478. The third-order valence-electron chi connectivity index (χ3n) is 3.25. The van der Waals surface area contributed by atoms with E-state index in [0.717, 1.165) is 24.0 Å². The molecule has 6 heteroatoms. The van der Waals surface area contributed by atoms with Gasteiger partial charge in [0.25, 0.3) is 5.91 Å². The standard InChI is InChI=1S/C13H15ClFNO2S/c1-18-13(4-5-19-8-13)7-16-12(17)10-3-2-9(15)6-11(10)14/h2-3,6H,4-5,7-8H2,1H3,(H,16,17). The molecule has 1 aliphatic rings. The Kier molecular flexibility index (Phi) is 4.71. The summed E-state index contributed by atoms with van der Waals surface area (Å²) < 4.78 is 18.4. The lowest BCUT2D eigenvalue weighted by molar-refractivity contribution is 0.0137. The first-order chi connectivity index (χ1) is 9.06. The van der Waals surface area contributed by atoms with E-state index in [1.807, 2.05) is 0 Å². The Balaban J connectivity index is 2.01. The zero-order valence-electron chi connectivity index (χ0n) is 10.5. The van der Waals surface area contributed by atoms with E-state index in [4.69, 9.17) is 16.3 Å². The molecule has 1 N–H and O–H groups in total. The SMILES string of the molecule is COC1(CNC(=O)c2ccc(F)cc2Cl)CCSC1. The Morgan fingerprint density at radius 3 is 3.00 bits per heavy atom. The molecule has 1 aliphatic heterocycles. The molecule has 3 nitrogen and oxygen atoms in total. The largest absolute Gasteiger partial charge is 0.376 e. The summed E-state index contributed by atoms with van der Waals surface area (Å²) in [6.45, 7) is 0.434. The number of thioether (sulfide) groups is 1. The second-order valence-electron chi connectivity index (χ2n) is 4.50. The van der Waals surface area contributed by atoms with Gasteiger partial charge in [-0.2, -0.15) is 11.8 Å². The average molecular weight is 304 g/mol. The number of methoxy groups -OCH3 is 1. The number of hydrogen-bond acceptors (Lipinski definition) is 3. The number of carbonyl (C=O) groups is 1. The van der Waals surface area contributed by atoms with Crippen LogP contribution in [0.15, 0.2) is 18.2 Å². The predicted octanol–water partition coefficient (Wildman–Crippen LogP) is 2.73. The molecule has 0 aromatic heterocycles. The molecule has 1 aromatic rings. The van der Waals surface area contributed by atoms with Crippen molar-refractivity contribution in [2.45, 2.75) is 12.0 Å². The second-order valence-corrected chi connectivity index (χ2v) is 6.01. The van der Waals surface area contributed by atoms with Crippen LogP contribution >= 0.6 is 23.4 Å². The van der Waals surface area contributed by atoms with Gasteiger partial charge in [-0.3, -0.25) is 4.79 Å². The fraction of sp³-hybridized carbons (Fsp3) is 0.462. The van der Waals surface area contributed by atoms with Gasteiger partial charge in [-0.25, -0.2) is 4.39 Å². The highest BCUT2D eigenvalue weighted by Crippen LogP contribution is 2.30. The van der Waals surface area contributed by atoms with Crippen molar-refractivity contribution in [3.8, 4) is 0 Å². The van der Waals surface area contributed by atoms with Gasteiger partial charge in [-0.1, -0.05) is 11.6 Å². The molecule has 1 fully saturated rings. The van der Waals surface area contributed by atoms with E-state index in [1.165, 1.54) is 12.1 Å². The first-order valence-corrected chi connectivity index (χ1v) is 7.46. The van der Waals surface area contributed by atoms with Crippen LogP contribution in [0.1, 0.15) is 16.8 Å². The Hall–Kier alpha value is -0.780. The molecule has 0 radical (unpaired) electrons. The van der Waals surface area contributed by atoms with Gasteiger partial charge in [0, 0.05) is 19.4 Å². The quantitative estimate of drug-likeness (QED) is 0.929. The van der Waals surface area contributed by atoms with E-state index in [-0.39, 0.29) is 22.1 Å². The van der Waals surface area contributed by atoms with Crippen LogP contribution in [0.5, 0.6) is 0 Å². The summed E-state index contributed by atoms with van der Waals surface area (Å²) in [7, 11) is 1.66. The molecule has 104 valence electrons. The highest BCUT2D eigenvalue weighted by molar-refractivity contribution is 7.99. The highest BCUT2D eigenvalue weighted by atomic mass is 35.5. The summed E-state index contributed by atoms with van der Waals surface area (Å²) in [4.78, 5) is 12.0. The fourth-order valence-electron chi connectivity index (χ4n) is 1.97. The third kappa shape index (κ3) is 3.41. The van der Waals surface area contributed by atoms with Gasteiger partial charge in [-0.15, -0.1) is 0 Å². The summed E-state index contributed by atoms with van der Waals surface area (Å²) in [5, 5.41) is 2.92. The first kappa shape index (κ1) is 14.6. The van der Waals surface area contributed by atoms with Crippen molar-refractivity contribution in [3.63, 3.8) is 0 Å². The Morgan fingerprint density at radius 1 is 1.63 bits per heavy atom. The van der Waals surface area contributed by atoms with Crippen LogP contribution in [-0.4, -0.2) is 36.7 Å². The van der Waals surface area contributed by atoms with Crippen molar-refractivity contribution in [1.82, 2.24) is 5.32 Å². The fourth-order valence-corrected chi connectivity index (χ4v) is 3.62. The molecule has 1 heterocycles. The van der Waals surface area contributed by atoms with E-state index in [0.29, 0.717) is 6.54 Å². The van der Waals surface area contributed by atoms with Gasteiger partial charge in [0.2, 0.25) is 0 Å². The van der Waals surface area contributed by atoms with Crippen molar-refractivity contribution in [3.05, 3.63) is 34.6 Å². The predicted molar refractivity (Wildman–Crippen MR) is 75.4 cm³/mol. The molecule has 19 heavy (non-hydrogen) atoms. The maximum Gasteiger partial charge on any atom is 0.252 e.